The van der Waals surface area contributed by atoms with Crippen LogP contribution in [0, 0.1) is 11.8 Å². The Balaban J connectivity index is 2.28. The summed E-state index contributed by atoms with van der Waals surface area (Å²) in [4.78, 5) is 44.3. The Hall–Kier alpha value is -2.86. The van der Waals surface area contributed by atoms with Gasteiger partial charge in [-0.3, -0.25) is 23.3 Å². The smallest absolute Gasteiger partial charge is 0.332 e. The molecule has 3 heterocycles. The van der Waals surface area contributed by atoms with Crippen molar-refractivity contribution in [2.45, 2.75) is 33.4 Å². The normalized spacial score (nSPS) is 14.3. The summed E-state index contributed by atoms with van der Waals surface area (Å²) in [5.41, 5.74) is -0.414. The number of ketones is 1. The highest BCUT2D eigenvalue weighted by Crippen LogP contribution is 2.19. The lowest BCUT2D eigenvalue weighted by Crippen LogP contribution is -2.44. The van der Waals surface area contributed by atoms with Crippen LogP contribution in [0.25, 0.3) is 11.2 Å². The number of hydrogen-bond donors (Lipinski definition) is 1. The van der Waals surface area contributed by atoms with Crippen molar-refractivity contribution in [3.8, 4) is 11.8 Å². The minimum absolute atomic E-state index is 0.171. The van der Waals surface area contributed by atoms with Crippen LogP contribution in [-0.2, 0) is 24.9 Å². The van der Waals surface area contributed by atoms with E-state index in [1.807, 2.05) is 0 Å². The van der Waals surface area contributed by atoms with Crippen molar-refractivity contribution in [1.29, 1.82) is 0 Å². The Bertz CT molecular complexity index is 1040. The molecule has 2 aromatic rings. The first-order valence-corrected chi connectivity index (χ1v) is 9.06. The summed E-state index contributed by atoms with van der Waals surface area (Å²) in [5, 5.41) is 3.28. The number of aryl methyl sites for hydroxylation is 1. The molecule has 1 N–H and O–H groups in total. The van der Waals surface area contributed by atoms with Crippen LogP contribution in [0.15, 0.2) is 9.59 Å². The molecule has 3 rings (SSSR count). The Morgan fingerprint density at radius 1 is 1.22 bits per heavy atom. The number of rotatable bonds is 5. The molecular weight excluding hydrogens is 348 g/mol. The van der Waals surface area contributed by atoms with Gasteiger partial charge in [0.25, 0.3) is 5.56 Å². The average Bonchev–Trinajstić information content (AvgIpc) is 3.08. The van der Waals surface area contributed by atoms with Gasteiger partial charge in [-0.2, -0.15) is 4.98 Å². The van der Waals surface area contributed by atoms with Crippen molar-refractivity contribution in [1.82, 2.24) is 24.0 Å². The van der Waals surface area contributed by atoms with Crippen LogP contribution in [0.1, 0.15) is 20.3 Å². The zero-order valence-electron chi connectivity index (χ0n) is 15.9. The van der Waals surface area contributed by atoms with Crippen LogP contribution in [0.3, 0.4) is 0 Å². The minimum Gasteiger partial charge on any atom is -0.340 e. The molecule has 27 heavy (non-hydrogen) atoms. The molecule has 0 unspecified atom stereocenters. The molecule has 1 aliphatic rings. The molecule has 0 aromatic carbocycles. The van der Waals surface area contributed by atoms with Crippen molar-refractivity contribution in [2.24, 2.45) is 7.05 Å². The van der Waals surface area contributed by atoms with Gasteiger partial charge in [0.2, 0.25) is 5.95 Å². The molecule has 9 heteroatoms. The fraction of sp³-hybridized carbons (Fsp3) is 0.556. The Kier molecular flexibility index (Phi) is 5.46. The zero-order valence-corrected chi connectivity index (χ0v) is 15.9. The van der Waals surface area contributed by atoms with Gasteiger partial charge in [-0.1, -0.05) is 12.8 Å². The molecular formula is C18H24N6O3. The Morgan fingerprint density at radius 3 is 2.56 bits per heavy atom. The highest BCUT2D eigenvalue weighted by atomic mass is 16.2. The van der Waals surface area contributed by atoms with Crippen molar-refractivity contribution in [3.05, 3.63) is 20.8 Å². The maximum absolute atomic E-state index is 13.1. The SMILES string of the molecule is CC#CCn1c(N2CCNCC2)nc2c1c(=O)n(CC(=O)CC)c(=O)n2C. The number of carbonyl (C=O) groups excluding carboxylic acids is 1. The van der Waals surface area contributed by atoms with Gasteiger partial charge in [0, 0.05) is 39.6 Å². The molecule has 0 bridgehead atoms. The molecule has 9 nitrogen and oxygen atoms in total. The van der Waals surface area contributed by atoms with E-state index in [2.05, 4.69) is 27.0 Å². The highest BCUT2D eigenvalue weighted by Gasteiger charge is 2.24. The number of imidazole rings is 1. The van der Waals surface area contributed by atoms with E-state index >= 15 is 0 Å². The third-order valence-corrected chi connectivity index (χ3v) is 4.75. The van der Waals surface area contributed by atoms with Crippen LogP contribution >= 0.6 is 0 Å². The van der Waals surface area contributed by atoms with Crippen LogP contribution in [-0.4, -0.2) is 50.6 Å². The minimum atomic E-state index is -0.535. The lowest BCUT2D eigenvalue weighted by Gasteiger charge is -2.28. The van der Waals surface area contributed by atoms with E-state index in [1.54, 1.807) is 25.5 Å². The summed E-state index contributed by atoms with van der Waals surface area (Å²) >= 11 is 0. The van der Waals surface area contributed by atoms with Gasteiger partial charge >= 0.3 is 5.69 Å². The second-order valence-corrected chi connectivity index (χ2v) is 6.46. The van der Waals surface area contributed by atoms with Crippen LogP contribution in [0.4, 0.5) is 5.95 Å². The monoisotopic (exact) mass is 372 g/mol. The van der Waals surface area contributed by atoms with E-state index in [0.717, 1.165) is 30.7 Å². The quantitative estimate of drug-likeness (QED) is 0.698. The van der Waals surface area contributed by atoms with Gasteiger partial charge in [-0.05, 0) is 6.92 Å². The van der Waals surface area contributed by atoms with Gasteiger partial charge in [0.1, 0.15) is 0 Å². The molecule has 1 fully saturated rings. The topological polar surface area (TPSA) is 94.2 Å². The summed E-state index contributed by atoms with van der Waals surface area (Å²) in [7, 11) is 1.57. The van der Waals surface area contributed by atoms with E-state index in [4.69, 9.17) is 0 Å². The van der Waals surface area contributed by atoms with Crippen LogP contribution in [0.5, 0.6) is 0 Å². The number of nitrogens with zero attached hydrogens (tertiary/aromatic N) is 5. The molecule has 0 radical (unpaired) electrons. The van der Waals surface area contributed by atoms with Crippen LogP contribution in [0.2, 0.25) is 0 Å². The predicted molar refractivity (Wildman–Crippen MR) is 103 cm³/mol. The van der Waals surface area contributed by atoms with E-state index < -0.39 is 11.2 Å². The standard InChI is InChI=1S/C18H24N6O3/c1-4-6-9-23-14-15(20-17(23)22-10-7-19-8-11-22)21(3)18(27)24(16(14)26)12-13(25)5-2/h19H,5,7-12H2,1-3H3. The third kappa shape index (κ3) is 3.40. The fourth-order valence-corrected chi connectivity index (χ4v) is 3.20. The van der Waals surface area contributed by atoms with E-state index in [0.29, 0.717) is 23.7 Å². The second kappa shape index (κ2) is 7.80. The summed E-state index contributed by atoms with van der Waals surface area (Å²) in [6, 6.07) is 0. The molecule has 144 valence electrons. The summed E-state index contributed by atoms with van der Waals surface area (Å²) in [6.07, 6.45) is 0.264. The maximum Gasteiger partial charge on any atom is 0.332 e. The third-order valence-electron chi connectivity index (χ3n) is 4.75. The summed E-state index contributed by atoms with van der Waals surface area (Å²) in [6.45, 7) is 6.64. The number of piperazine rings is 1. The number of nitrogens with one attached hydrogen (secondary N) is 1. The number of carbonyl (C=O) groups is 1. The highest BCUT2D eigenvalue weighted by molar-refractivity contribution is 5.79. The number of hydrogen-bond acceptors (Lipinski definition) is 6. The largest absolute Gasteiger partial charge is 0.340 e. The van der Waals surface area contributed by atoms with E-state index in [1.165, 1.54) is 4.57 Å². The number of Topliss-reactive ketones (excluding diaryl/α,β-unsaturated/α-hetero) is 1. The van der Waals surface area contributed by atoms with Crippen LogP contribution < -0.4 is 21.5 Å². The molecule has 0 amide bonds. The predicted octanol–water partition coefficient (Wildman–Crippen LogP) is -0.691. The first kappa shape index (κ1) is 18.9. The molecule has 0 aliphatic carbocycles. The molecule has 0 saturated carbocycles. The number of aromatic nitrogens is 4. The number of fused-ring (bicyclic) bond motifs is 1. The Labute approximate surface area is 156 Å². The lowest BCUT2D eigenvalue weighted by atomic mass is 10.3. The van der Waals surface area contributed by atoms with Crippen molar-refractivity contribution in [2.75, 3.05) is 31.1 Å². The zero-order chi connectivity index (χ0) is 19.6. The van der Waals surface area contributed by atoms with E-state index in [-0.39, 0.29) is 18.7 Å². The number of anilines is 1. The van der Waals surface area contributed by atoms with Gasteiger partial charge in [0.05, 0.1) is 13.1 Å². The molecule has 2 aromatic heterocycles. The lowest BCUT2D eigenvalue weighted by molar-refractivity contribution is -0.119. The van der Waals surface area contributed by atoms with Gasteiger partial charge in [-0.15, -0.1) is 5.92 Å². The summed E-state index contributed by atoms with van der Waals surface area (Å²) in [5.74, 6) is 6.28. The van der Waals surface area contributed by atoms with Gasteiger partial charge in [0.15, 0.2) is 16.9 Å². The fourth-order valence-electron chi connectivity index (χ4n) is 3.20. The second-order valence-electron chi connectivity index (χ2n) is 6.46. The first-order valence-electron chi connectivity index (χ1n) is 9.06. The van der Waals surface area contributed by atoms with Gasteiger partial charge in [-0.25, -0.2) is 4.79 Å². The first-order chi connectivity index (χ1) is 13.0. The van der Waals surface area contributed by atoms with Gasteiger partial charge < -0.3 is 10.2 Å². The molecule has 0 spiro atoms. The van der Waals surface area contributed by atoms with E-state index in [9.17, 15) is 14.4 Å². The van der Waals surface area contributed by atoms with Crippen molar-refractivity contribution in [3.63, 3.8) is 0 Å². The average molecular weight is 372 g/mol. The maximum atomic E-state index is 13.1. The molecule has 1 saturated heterocycles. The molecule has 0 atom stereocenters. The van der Waals surface area contributed by atoms with Crippen molar-refractivity contribution >= 4 is 22.9 Å². The Morgan fingerprint density at radius 2 is 1.93 bits per heavy atom. The van der Waals surface area contributed by atoms with Crippen molar-refractivity contribution < 1.29 is 4.79 Å². The molecule has 1 aliphatic heterocycles. The summed E-state index contributed by atoms with van der Waals surface area (Å²) < 4.78 is 4.08.